The summed E-state index contributed by atoms with van der Waals surface area (Å²) < 4.78 is 6.88. The number of hydrogen-bond acceptors (Lipinski definition) is 11. The number of anilines is 4. The number of ether oxygens (including phenoxy) is 1. The maximum absolute atomic E-state index is 10.2. The molecule has 0 atom stereocenters. The van der Waals surface area contributed by atoms with E-state index in [1.807, 2.05) is 30.0 Å². The van der Waals surface area contributed by atoms with Crippen LogP contribution < -0.4 is 15.6 Å². The highest BCUT2D eigenvalue weighted by atomic mass is 79.9. The molecular weight excluding hydrogens is 694 g/mol. The van der Waals surface area contributed by atoms with Crippen LogP contribution in [0.15, 0.2) is 42.8 Å². The van der Waals surface area contributed by atoms with E-state index in [9.17, 15) is 10.2 Å². The Kier molecular flexibility index (Phi) is 10.6. The number of benzene rings is 2. The first-order valence-electron chi connectivity index (χ1n) is 11.1. The van der Waals surface area contributed by atoms with Gasteiger partial charge in [0.1, 0.15) is 16.0 Å². The first kappa shape index (κ1) is 29.5. The first-order valence-corrected chi connectivity index (χ1v) is 13.4. The number of nitrogens with zero attached hydrogens (tertiary/aromatic N) is 5. The number of phenolic OH excluding ortho intramolecular Hbond substituents is 2. The molecule has 0 aliphatic carbocycles. The summed E-state index contributed by atoms with van der Waals surface area (Å²) in [5.41, 5.74) is 5.09. The molecule has 1 aliphatic rings. The van der Waals surface area contributed by atoms with Crippen LogP contribution in [0.4, 0.5) is 23.5 Å². The normalized spacial score (nSPS) is 13.1. The van der Waals surface area contributed by atoms with Crippen molar-refractivity contribution in [2.24, 2.45) is 5.10 Å². The predicted octanol–water partition coefficient (Wildman–Crippen LogP) is 5.00. The van der Waals surface area contributed by atoms with Crippen molar-refractivity contribution in [1.29, 1.82) is 0 Å². The fourth-order valence-corrected chi connectivity index (χ4v) is 4.84. The number of hydrazone groups is 1. The maximum atomic E-state index is 10.2. The zero-order valence-electron chi connectivity index (χ0n) is 20.2. The Balaban J connectivity index is 0.000000934. The molecule has 3 aromatic rings. The zero-order chi connectivity index (χ0) is 27.8. The SMILES string of the molecule is CC(=O)O.Cc1ccc(Nc2nc(NN=Cc3cc(Br)c(O)c(Br)c3O)nc(N3CCOCC3)n2)c(Br)c1. The number of aliphatic carboxylic acids is 1. The topological polar surface area (TPSA) is 165 Å². The number of nitrogens with one attached hydrogen (secondary N) is 2. The van der Waals surface area contributed by atoms with E-state index in [4.69, 9.17) is 14.6 Å². The number of morpholine rings is 1. The van der Waals surface area contributed by atoms with Crippen LogP contribution in [-0.2, 0) is 9.53 Å². The van der Waals surface area contributed by atoms with Gasteiger partial charge in [0.15, 0.2) is 0 Å². The second-order valence-corrected chi connectivity index (χ2v) is 10.3. The highest BCUT2D eigenvalue weighted by Crippen LogP contribution is 2.40. The van der Waals surface area contributed by atoms with Crippen LogP contribution in [0.2, 0.25) is 0 Å². The van der Waals surface area contributed by atoms with E-state index < -0.39 is 5.97 Å². The summed E-state index contributed by atoms with van der Waals surface area (Å²) >= 11 is 9.95. The number of halogens is 3. The number of phenols is 2. The van der Waals surface area contributed by atoms with Gasteiger partial charge in [0.2, 0.25) is 17.8 Å². The predicted molar refractivity (Wildman–Crippen MR) is 155 cm³/mol. The minimum Gasteiger partial charge on any atom is -0.506 e. The Bertz CT molecular complexity index is 1330. The molecule has 0 spiro atoms. The Morgan fingerprint density at radius 2 is 1.71 bits per heavy atom. The number of aromatic hydroxyl groups is 2. The molecular formula is C23H24Br3N7O5. The number of hydrogen-bond donors (Lipinski definition) is 5. The summed E-state index contributed by atoms with van der Waals surface area (Å²) in [6, 6.07) is 7.46. The fourth-order valence-electron chi connectivity index (χ4n) is 3.09. The van der Waals surface area contributed by atoms with Crippen molar-refractivity contribution in [2.75, 3.05) is 41.9 Å². The lowest BCUT2D eigenvalue weighted by Crippen LogP contribution is -2.37. The molecule has 1 aromatic heterocycles. The zero-order valence-corrected chi connectivity index (χ0v) is 25.0. The van der Waals surface area contributed by atoms with Crippen molar-refractivity contribution in [3.05, 3.63) is 48.8 Å². The van der Waals surface area contributed by atoms with E-state index in [2.05, 4.69) is 78.6 Å². The van der Waals surface area contributed by atoms with Crippen LogP contribution in [0.25, 0.3) is 0 Å². The lowest BCUT2D eigenvalue weighted by molar-refractivity contribution is -0.134. The van der Waals surface area contributed by atoms with Gasteiger partial charge in [-0.3, -0.25) is 4.79 Å². The van der Waals surface area contributed by atoms with Crippen molar-refractivity contribution in [2.45, 2.75) is 13.8 Å². The van der Waals surface area contributed by atoms with Crippen molar-refractivity contribution in [3.63, 3.8) is 0 Å². The van der Waals surface area contributed by atoms with Gasteiger partial charge in [0.05, 0.1) is 29.6 Å². The van der Waals surface area contributed by atoms with Gasteiger partial charge in [-0.15, -0.1) is 0 Å². The van der Waals surface area contributed by atoms with Gasteiger partial charge in [0, 0.05) is 30.0 Å². The second kappa shape index (κ2) is 13.7. The first-order chi connectivity index (χ1) is 18.0. The third-order valence-corrected chi connectivity index (χ3v) is 6.87. The molecule has 0 saturated carbocycles. The molecule has 0 amide bonds. The summed E-state index contributed by atoms with van der Waals surface area (Å²) in [4.78, 5) is 24.5. The van der Waals surface area contributed by atoms with Gasteiger partial charge < -0.3 is 30.3 Å². The smallest absolute Gasteiger partial charge is 0.300 e. The van der Waals surface area contributed by atoms with E-state index in [-0.39, 0.29) is 21.9 Å². The van der Waals surface area contributed by atoms with Crippen molar-refractivity contribution in [1.82, 2.24) is 15.0 Å². The van der Waals surface area contributed by atoms with E-state index in [0.717, 1.165) is 22.6 Å². The molecule has 15 heteroatoms. The molecule has 12 nitrogen and oxygen atoms in total. The van der Waals surface area contributed by atoms with Gasteiger partial charge in [-0.05, 0) is 78.5 Å². The van der Waals surface area contributed by atoms with E-state index >= 15 is 0 Å². The number of aryl methyl sites for hydroxylation is 1. The summed E-state index contributed by atoms with van der Waals surface area (Å²) in [7, 11) is 0. The summed E-state index contributed by atoms with van der Waals surface area (Å²) in [5.74, 6) is -0.0398. The van der Waals surface area contributed by atoms with Gasteiger partial charge in [-0.25, -0.2) is 5.43 Å². The van der Waals surface area contributed by atoms with Crippen LogP contribution in [0.5, 0.6) is 11.5 Å². The van der Waals surface area contributed by atoms with Crippen LogP contribution in [0.1, 0.15) is 18.1 Å². The van der Waals surface area contributed by atoms with E-state index in [1.54, 1.807) is 0 Å². The minimum atomic E-state index is -0.833. The quantitative estimate of drug-likeness (QED) is 0.172. The number of carbonyl (C=O) groups is 1. The Hall–Kier alpha value is -3.01. The Labute approximate surface area is 243 Å². The van der Waals surface area contributed by atoms with E-state index in [0.29, 0.717) is 48.2 Å². The molecule has 1 aliphatic heterocycles. The van der Waals surface area contributed by atoms with Crippen molar-refractivity contribution >= 4 is 83.5 Å². The van der Waals surface area contributed by atoms with Crippen LogP contribution in [-0.4, -0.2) is 68.8 Å². The molecule has 1 fully saturated rings. The molecule has 4 rings (SSSR count). The molecule has 5 N–H and O–H groups in total. The van der Waals surface area contributed by atoms with Crippen LogP contribution >= 0.6 is 47.8 Å². The monoisotopic (exact) mass is 715 g/mol. The summed E-state index contributed by atoms with van der Waals surface area (Å²) in [6.45, 7) is 5.58. The third-order valence-electron chi connectivity index (χ3n) is 4.85. The summed E-state index contributed by atoms with van der Waals surface area (Å²) in [6.07, 6.45) is 1.39. The van der Waals surface area contributed by atoms with Gasteiger partial charge in [-0.1, -0.05) is 6.07 Å². The molecule has 202 valence electrons. The van der Waals surface area contributed by atoms with Crippen LogP contribution in [0.3, 0.4) is 0 Å². The molecule has 2 heterocycles. The van der Waals surface area contributed by atoms with Crippen LogP contribution in [0, 0.1) is 6.92 Å². The molecule has 38 heavy (non-hydrogen) atoms. The van der Waals surface area contributed by atoms with Gasteiger partial charge >= 0.3 is 0 Å². The highest BCUT2D eigenvalue weighted by Gasteiger charge is 2.17. The second-order valence-electron chi connectivity index (χ2n) is 7.84. The minimum absolute atomic E-state index is 0.104. The average molecular weight is 718 g/mol. The van der Waals surface area contributed by atoms with Gasteiger partial charge in [0.25, 0.3) is 5.97 Å². The third kappa shape index (κ3) is 8.24. The molecule has 0 unspecified atom stereocenters. The van der Waals surface area contributed by atoms with Crippen molar-refractivity contribution < 1.29 is 24.9 Å². The average Bonchev–Trinajstić information content (AvgIpc) is 2.87. The summed E-state index contributed by atoms with van der Waals surface area (Å²) in [5, 5.41) is 34.9. The maximum Gasteiger partial charge on any atom is 0.300 e. The fraction of sp³-hybridized carbons (Fsp3) is 0.261. The molecule has 0 radical (unpaired) electrons. The lowest BCUT2D eigenvalue weighted by atomic mass is 10.2. The van der Waals surface area contributed by atoms with E-state index in [1.165, 1.54) is 12.3 Å². The highest BCUT2D eigenvalue weighted by molar-refractivity contribution is 9.11. The lowest BCUT2D eigenvalue weighted by Gasteiger charge is -2.27. The Morgan fingerprint density at radius 3 is 2.37 bits per heavy atom. The largest absolute Gasteiger partial charge is 0.506 e. The number of rotatable bonds is 6. The molecule has 2 aromatic carbocycles. The number of carboxylic acid groups (broad SMARTS) is 1. The number of aromatic nitrogens is 3. The Morgan fingerprint density at radius 1 is 1.05 bits per heavy atom. The molecule has 0 bridgehead atoms. The van der Waals surface area contributed by atoms with Crippen molar-refractivity contribution in [3.8, 4) is 11.5 Å². The molecule has 1 saturated heterocycles. The van der Waals surface area contributed by atoms with Gasteiger partial charge in [-0.2, -0.15) is 20.1 Å². The number of carboxylic acids is 1. The standard InChI is InChI=1S/C21H20Br3N7O3.C2H4O2/c1-11-2-3-15(13(22)8-11)26-19-27-20(29-21(28-19)31-4-6-34-7-5-31)30-25-10-12-9-14(23)18(33)16(24)17(12)32;1-2(3)4/h2-3,8-10,32-33H,4-7H2,1H3,(H2,26,27,28,29,30);1H3,(H,3,4).